The molecule has 0 fully saturated rings. The molecule has 0 aliphatic heterocycles. The topological polar surface area (TPSA) is 46.6 Å². The van der Waals surface area contributed by atoms with E-state index in [2.05, 4.69) is 11.8 Å². The number of carbonyl (C=O) groups is 2. The van der Waals surface area contributed by atoms with Crippen molar-refractivity contribution in [2.75, 3.05) is 6.54 Å². The molecule has 0 bridgehead atoms. The molecule has 0 heterocycles. The Morgan fingerprint density at radius 3 is 2.38 bits per heavy atom. The van der Waals surface area contributed by atoms with Crippen LogP contribution in [0.5, 0.6) is 0 Å². The monoisotopic (exact) mass is 329 g/mol. The fourth-order valence-corrected chi connectivity index (χ4v) is 2.08. The molecule has 4 heteroatoms. The maximum atomic E-state index is 12.4. The first-order valence-electron chi connectivity index (χ1n) is 8.25. The molecule has 1 aromatic rings. The van der Waals surface area contributed by atoms with Crippen LogP contribution in [-0.2, 0) is 16.1 Å². The standard InChI is InChI=1S/C20H27NO3/c1-5-6-8-13-18(22)14-15-21(19(23)24-20(2,3)4)16-17-11-9-7-10-12-17/h7,9-12H,8,13-16H2,1-4H3. The minimum Gasteiger partial charge on any atom is -0.444 e. The SMILES string of the molecule is CC#CCCC(=O)CCN(Cc1ccccc1)C(=O)OC(C)(C)C. The summed E-state index contributed by atoms with van der Waals surface area (Å²) >= 11 is 0. The highest BCUT2D eigenvalue weighted by Crippen LogP contribution is 2.13. The molecule has 1 rings (SSSR count). The first kappa shape index (κ1) is 19.8. The number of Topliss-reactive ketones (excluding diaryl/α,β-unsaturated/α-hetero) is 1. The van der Waals surface area contributed by atoms with E-state index < -0.39 is 11.7 Å². The lowest BCUT2D eigenvalue weighted by atomic mass is 10.1. The lowest BCUT2D eigenvalue weighted by Crippen LogP contribution is -2.37. The van der Waals surface area contributed by atoms with E-state index in [1.807, 2.05) is 51.1 Å². The van der Waals surface area contributed by atoms with E-state index in [1.165, 1.54) is 0 Å². The smallest absolute Gasteiger partial charge is 0.410 e. The number of hydrogen-bond acceptors (Lipinski definition) is 3. The molecular weight excluding hydrogens is 302 g/mol. The van der Waals surface area contributed by atoms with E-state index in [-0.39, 0.29) is 5.78 Å². The number of ether oxygens (including phenoxy) is 1. The molecule has 130 valence electrons. The van der Waals surface area contributed by atoms with Crippen LogP contribution < -0.4 is 0 Å². The molecule has 0 saturated heterocycles. The van der Waals surface area contributed by atoms with Gasteiger partial charge in [-0.3, -0.25) is 4.79 Å². The second-order valence-corrected chi connectivity index (χ2v) is 6.60. The van der Waals surface area contributed by atoms with Crippen molar-refractivity contribution >= 4 is 11.9 Å². The number of rotatable bonds is 7. The fourth-order valence-electron chi connectivity index (χ4n) is 2.08. The number of benzene rings is 1. The van der Waals surface area contributed by atoms with E-state index in [9.17, 15) is 9.59 Å². The lowest BCUT2D eigenvalue weighted by molar-refractivity contribution is -0.119. The fraction of sp³-hybridized carbons (Fsp3) is 0.500. The van der Waals surface area contributed by atoms with Gasteiger partial charge in [-0.2, -0.15) is 0 Å². The van der Waals surface area contributed by atoms with Gasteiger partial charge >= 0.3 is 6.09 Å². The van der Waals surface area contributed by atoms with Gasteiger partial charge < -0.3 is 9.64 Å². The van der Waals surface area contributed by atoms with Crippen molar-refractivity contribution in [3.63, 3.8) is 0 Å². The summed E-state index contributed by atoms with van der Waals surface area (Å²) in [5.41, 5.74) is 0.444. The highest BCUT2D eigenvalue weighted by molar-refractivity contribution is 5.79. The lowest BCUT2D eigenvalue weighted by Gasteiger charge is -2.27. The Morgan fingerprint density at radius 1 is 1.12 bits per heavy atom. The predicted octanol–water partition coefficient (Wildman–Crippen LogP) is 4.19. The molecule has 0 radical (unpaired) electrons. The van der Waals surface area contributed by atoms with E-state index in [4.69, 9.17) is 4.74 Å². The van der Waals surface area contributed by atoms with Gasteiger partial charge in [-0.1, -0.05) is 30.3 Å². The molecule has 0 aromatic heterocycles. The second kappa shape index (κ2) is 9.77. The van der Waals surface area contributed by atoms with Gasteiger partial charge in [0.05, 0.1) is 0 Å². The van der Waals surface area contributed by atoms with E-state index >= 15 is 0 Å². The molecule has 1 amide bonds. The van der Waals surface area contributed by atoms with Gasteiger partial charge in [-0.25, -0.2) is 4.79 Å². The van der Waals surface area contributed by atoms with Gasteiger partial charge in [-0.15, -0.1) is 11.8 Å². The molecule has 0 atom stereocenters. The van der Waals surface area contributed by atoms with E-state index in [1.54, 1.807) is 11.8 Å². The van der Waals surface area contributed by atoms with Gasteiger partial charge in [-0.05, 0) is 33.3 Å². The van der Waals surface area contributed by atoms with Gasteiger partial charge in [0, 0.05) is 32.4 Å². The Morgan fingerprint density at radius 2 is 1.79 bits per heavy atom. The summed E-state index contributed by atoms with van der Waals surface area (Å²) in [6.07, 6.45) is 0.916. The summed E-state index contributed by atoms with van der Waals surface area (Å²) in [4.78, 5) is 25.9. The Hall–Kier alpha value is -2.28. The summed E-state index contributed by atoms with van der Waals surface area (Å²) in [5, 5.41) is 0. The number of carbonyl (C=O) groups excluding carboxylic acids is 2. The molecule has 24 heavy (non-hydrogen) atoms. The zero-order valence-electron chi connectivity index (χ0n) is 15.1. The van der Waals surface area contributed by atoms with Crippen molar-refractivity contribution in [3.05, 3.63) is 35.9 Å². The van der Waals surface area contributed by atoms with Gasteiger partial charge in [0.15, 0.2) is 0 Å². The molecule has 1 aromatic carbocycles. The molecule has 0 N–H and O–H groups in total. The van der Waals surface area contributed by atoms with Crippen LogP contribution in [0.3, 0.4) is 0 Å². The van der Waals surface area contributed by atoms with Crippen molar-refractivity contribution in [2.24, 2.45) is 0 Å². The number of ketones is 1. The second-order valence-electron chi connectivity index (χ2n) is 6.60. The van der Waals surface area contributed by atoms with Crippen molar-refractivity contribution in [3.8, 4) is 11.8 Å². The Balaban J connectivity index is 2.67. The summed E-state index contributed by atoms with van der Waals surface area (Å²) in [6.45, 7) is 8.04. The summed E-state index contributed by atoms with van der Waals surface area (Å²) < 4.78 is 5.46. The van der Waals surface area contributed by atoms with Gasteiger partial charge in [0.25, 0.3) is 0 Å². The average Bonchev–Trinajstić information content (AvgIpc) is 2.51. The highest BCUT2D eigenvalue weighted by Gasteiger charge is 2.22. The third-order valence-corrected chi connectivity index (χ3v) is 3.23. The number of amides is 1. The largest absolute Gasteiger partial charge is 0.444 e. The van der Waals surface area contributed by atoms with Crippen LogP contribution in [0.1, 0.15) is 52.5 Å². The van der Waals surface area contributed by atoms with E-state index in [0.29, 0.717) is 32.4 Å². The molecule has 0 aliphatic carbocycles. The normalized spacial score (nSPS) is 10.5. The minimum absolute atomic E-state index is 0.111. The van der Waals surface area contributed by atoms with Crippen molar-refractivity contribution in [1.82, 2.24) is 4.90 Å². The van der Waals surface area contributed by atoms with Gasteiger partial charge in [0.1, 0.15) is 11.4 Å². The number of hydrogen-bond donors (Lipinski definition) is 0. The van der Waals surface area contributed by atoms with Crippen LogP contribution >= 0.6 is 0 Å². The van der Waals surface area contributed by atoms with Crippen molar-refractivity contribution in [2.45, 2.75) is 59.1 Å². The van der Waals surface area contributed by atoms with Crippen LogP contribution in [0.2, 0.25) is 0 Å². The van der Waals surface area contributed by atoms with Crippen molar-refractivity contribution in [1.29, 1.82) is 0 Å². The van der Waals surface area contributed by atoms with Crippen LogP contribution in [0, 0.1) is 11.8 Å². The molecule has 0 aliphatic rings. The Kier molecular flexibility index (Phi) is 8.05. The first-order chi connectivity index (χ1) is 11.3. The molecule has 0 spiro atoms. The summed E-state index contributed by atoms with van der Waals surface area (Å²) in [6, 6.07) is 9.69. The van der Waals surface area contributed by atoms with Crippen molar-refractivity contribution < 1.29 is 14.3 Å². The van der Waals surface area contributed by atoms with Crippen LogP contribution in [0.4, 0.5) is 4.79 Å². The van der Waals surface area contributed by atoms with Crippen LogP contribution in [0.25, 0.3) is 0 Å². The zero-order chi connectivity index (χ0) is 18.0. The third kappa shape index (κ3) is 8.38. The quantitative estimate of drug-likeness (QED) is 0.705. The maximum Gasteiger partial charge on any atom is 0.410 e. The van der Waals surface area contributed by atoms with Crippen LogP contribution in [0.15, 0.2) is 30.3 Å². The van der Waals surface area contributed by atoms with Crippen LogP contribution in [-0.4, -0.2) is 28.9 Å². The first-order valence-corrected chi connectivity index (χ1v) is 8.25. The predicted molar refractivity (Wildman–Crippen MR) is 95.4 cm³/mol. The van der Waals surface area contributed by atoms with Gasteiger partial charge in [0.2, 0.25) is 0 Å². The zero-order valence-corrected chi connectivity index (χ0v) is 15.1. The van der Waals surface area contributed by atoms with E-state index in [0.717, 1.165) is 5.56 Å². The maximum absolute atomic E-state index is 12.4. The average molecular weight is 329 g/mol. The molecule has 0 unspecified atom stereocenters. The Labute approximate surface area is 145 Å². The highest BCUT2D eigenvalue weighted by atomic mass is 16.6. The Bertz CT molecular complexity index is 591. The molecule has 4 nitrogen and oxygen atoms in total. The molecular formula is C20H27NO3. The molecule has 0 saturated carbocycles. The minimum atomic E-state index is -0.563. The third-order valence-electron chi connectivity index (χ3n) is 3.23. The summed E-state index contributed by atoms with van der Waals surface area (Å²) in [7, 11) is 0. The summed E-state index contributed by atoms with van der Waals surface area (Å²) in [5.74, 6) is 5.77. The number of nitrogens with zero attached hydrogens (tertiary/aromatic N) is 1.